The predicted octanol–water partition coefficient (Wildman–Crippen LogP) is 1.21. The third-order valence-corrected chi connectivity index (χ3v) is 4.50. The molecule has 2 rings (SSSR count). The van der Waals surface area contributed by atoms with Gasteiger partial charge in [0.05, 0.1) is 0 Å². The quantitative estimate of drug-likeness (QED) is 0.757. The number of likely N-dealkylation sites (tertiary alicyclic amines) is 1. The van der Waals surface area contributed by atoms with E-state index >= 15 is 0 Å². The fraction of sp³-hybridized carbons (Fsp3) is 1.00. The highest BCUT2D eigenvalue weighted by Gasteiger charge is 2.33. The van der Waals surface area contributed by atoms with E-state index in [1.54, 1.807) is 0 Å². The van der Waals surface area contributed by atoms with Gasteiger partial charge in [0.25, 0.3) is 0 Å². The zero-order valence-corrected chi connectivity index (χ0v) is 10.3. The normalized spacial score (nSPS) is 36.8. The molecule has 3 atom stereocenters. The van der Waals surface area contributed by atoms with E-state index in [-0.39, 0.29) is 0 Å². The van der Waals surface area contributed by atoms with Gasteiger partial charge in [-0.2, -0.15) is 0 Å². The summed E-state index contributed by atoms with van der Waals surface area (Å²) in [7, 11) is 0. The van der Waals surface area contributed by atoms with E-state index in [0.29, 0.717) is 6.61 Å². The number of rotatable bonds is 4. The number of aliphatic hydroxyl groups excluding tert-OH is 1. The first kappa shape index (κ1) is 12.3. The van der Waals surface area contributed by atoms with Crippen LogP contribution in [0, 0.1) is 11.8 Å². The first-order valence-corrected chi connectivity index (χ1v) is 6.90. The molecule has 0 amide bonds. The second kappa shape index (κ2) is 5.99. The molecule has 3 heteroatoms. The van der Waals surface area contributed by atoms with Gasteiger partial charge in [0.1, 0.15) is 0 Å². The molecule has 3 unspecified atom stereocenters. The molecule has 1 saturated heterocycles. The summed E-state index contributed by atoms with van der Waals surface area (Å²) in [6, 6.07) is 0.738. The van der Waals surface area contributed by atoms with Gasteiger partial charge in [0.2, 0.25) is 0 Å². The summed E-state index contributed by atoms with van der Waals surface area (Å²) in [5.41, 5.74) is 5.89. The van der Waals surface area contributed by atoms with Crippen LogP contribution in [0.25, 0.3) is 0 Å². The van der Waals surface area contributed by atoms with Crippen molar-refractivity contribution in [2.24, 2.45) is 17.6 Å². The van der Waals surface area contributed by atoms with Crippen LogP contribution in [0.3, 0.4) is 0 Å². The van der Waals surface area contributed by atoms with Gasteiger partial charge >= 0.3 is 0 Å². The number of hydrogen-bond acceptors (Lipinski definition) is 3. The van der Waals surface area contributed by atoms with E-state index in [0.717, 1.165) is 30.8 Å². The highest BCUT2D eigenvalue weighted by molar-refractivity contribution is 4.88. The Bertz CT molecular complexity index is 210. The standard InChI is InChI=1S/C13H26N2O/c14-9-12-3-1-2-4-13(12)15-7-5-11(10-15)6-8-16/h11-13,16H,1-10,14H2. The predicted molar refractivity (Wildman–Crippen MR) is 66.2 cm³/mol. The molecule has 0 bridgehead atoms. The molecule has 1 aliphatic carbocycles. The summed E-state index contributed by atoms with van der Waals surface area (Å²) in [6.45, 7) is 3.63. The first-order valence-electron chi connectivity index (χ1n) is 6.90. The number of nitrogens with two attached hydrogens (primary N) is 1. The third kappa shape index (κ3) is 2.76. The van der Waals surface area contributed by atoms with Crippen molar-refractivity contribution >= 4 is 0 Å². The Kier molecular flexibility index (Phi) is 4.62. The van der Waals surface area contributed by atoms with Crippen LogP contribution < -0.4 is 5.73 Å². The van der Waals surface area contributed by atoms with Crippen LogP contribution in [-0.4, -0.2) is 42.3 Å². The molecular formula is C13H26N2O. The summed E-state index contributed by atoms with van der Waals surface area (Å²) in [5.74, 6) is 1.45. The average molecular weight is 226 g/mol. The van der Waals surface area contributed by atoms with Crippen LogP contribution in [0.15, 0.2) is 0 Å². The Labute approximate surface area is 99.0 Å². The summed E-state index contributed by atoms with van der Waals surface area (Å²) in [6.07, 6.45) is 7.66. The summed E-state index contributed by atoms with van der Waals surface area (Å²) < 4.78 is 0. The lowest BCUT2D eigenvalue weighted by molar-refractivity contribution is 0.126. The molecule has 1 aliphatic heterocycles. The maximum Gasteiger partial charge on any atom is 0.0434 e. The molecule has 0 spiro atoms. The number of aliphatic hydroxyl groups is 1. The van der Waals surface area contributed by atoms with Gasteiger partial charge in [0.15, 0.2) is 0 Å². The smallest absolute Gasteiger partial charge is 0.0434 e. The van der Waals surface area contributed by atoms with Crippen LogP contribution in [0.5, 0.6) is 0 Å². The Morgan fingerprint density at radius 2 is 2.00 bits per heavy atom. The highest BCUT2D eigenvalue weighted by Crippen LogP contribution is 2.32. The van der Waals surface area contributed by atoms with Crippen molar-refractivity contribution in [1.82, 2.24) is 4.90 Å². The van der Waals surface area contributed by atoms with Crippen molar-refractivity contribution in [2.45, 2.75) is 44.6 Å². The summed E-state index contributed by atoms with van der Waals surface area (Å²) in [4.78, 5) is 2.65. The molecule has 94 valence electrons. The second-order valence-electron chi connectivity index (χ2n) is 5.51. The second-order valence-corrected chi connectivity index (χ2v) is 5.51. The van der Waals surface area contributed by atoms with E-state index in [1.165, 1.54) is 45.2 Å². The van der Waals surface area contributed by atoms with E-state index in [9.17, 15) is 0 Å². The van der Waals surface area contributed by atoms with Gasteiger partial charge in [-0.3, -0.25) is 4.90 Å². The Morgan fingerprint density at radius 1 is 1.19 bits per heavy atom. The van der Waals surface area contributed by atoms with Gasteiger partial charge in [-0.25, -0.2) is 0 Å². The fourth-order valence-electron chi connectivity index (χ4n) is 3.53. The molecule has 1 saturated carbocycles. The van der Waals surface area contributed by atoms with Gasteiger partial charge in [-0.1, -0.05) is 12.8 Å². The van der Waals surface area contributed by atoms with Crippen LogP contribution in [0.4, 0.5) is 0 Å². The molecule has 2 aliphatic rings. The molecule has 0 radical (unpaired) electrons. The van der Waals surface area contributed by atoms with Gasteiger partial charge in [-0.15, -0.1) is 0 Å². The lowest BCUT2D eigenvalue weighted by Gasteiger charge is -2.37. The Morgan fingerprint density at radius 3 is 2.75 bits per heavy atom. The average Bonchev–Trinajstić information content (AvgIpc) is 2.78. The molecule has 0 aromatic heterocycles. The van der Waals surface area contributed by atoms with E-state index < -0.39 is 0 Å². The minimum absolute atomic E-state index is 0.351. The molecule has 0 aromatic rings. The summed E-state index contributed by atoms with van der Waals surface area (Å²) >= 11 is 0. The number of hydrogen-bond donors (Lipinski definition) is 2. The highest BCUT2D eigenvalue weighted by atomic mass is 16.3. The van der Waals surface area contributed by atoms with E-state index in [1.807, 2.05) is 0 Å². The van der Waals surface area contributed by atoms with E-state index in [2.05, 4.69) is 4.90 Å². The minimum Gasteiger partial charge on any atom is -0.396 e. The zero-order valence-electron chi connectivity index (χ0n) is 10.3. The van der Waals surface area contributed by atoms with Crippen molar-refractivity contribution in [3.05, 3.63) is 0 Å². The lowest BCUT2D eigenvalue weighted by Crippen LogP contribution is -2.44. The molecule has 16 heavy (non-hydrogen) atoms. The Hall–Kier alpha value is -0.120. The zero-order chi connectivity index (χ0) is 11.4. The molecular weight excluding hydrogens is 200 g/mol. The first-order chi connectivity index (χ1) is 7.85. The van der Waals surface area contributed by atoms with Crippen molar-refractivity contribution in [2.75, 3.05) is 26.2 Å². The topological polar surface area (TPSA) is 49.5 Å². The minimum atomic E-state index is 0.351. The van der Waals surface area contributed by atoms with Crippen molar-refractivity contribution in [3.8, 4) is 0 Å². The summed E-state index contributed by atoms with van der Waals surface area (Å²) in [5, 5.41) is 8.98. The monoisotopic (exact) mass is 226 g/mol. The maximum absolute atomic E-state index is 8.98. The molecule has 0 aromatic carbocycles. The lowest BCUT2D eigenvalue weighted by atomic mass is 9.83. The van der Waals surface area contributed by atoms with Gasteiger partial charge in [0, 0.05) is 19.2 Å². The molecule has 1 heterocycles. The van der Waals surface area contributed by atoms with Crippen LogP contribution in [0.2, 0.25) is 0 Å². The van der Waals surface area contributed by atoms with Gasteiger partial charge in [-0.05, 0) is 50.6 Å². The van der Waals surface area contributed by atoms with Crippen LogP contribution >= 0.6 is 0 Å². The maximum atomic E-state index is 8.98. The molecule has 2 fully saturated rings. The van der Waals surface area contributed by atoms with Crippen LogP contribution in [-0.2, 0) is 0 Å². The van der Waals surface area contributed by atoms with Crippen LogP contribution in [0.1, 0.15) is 38.5 Å². The molecule has 3 nitrogen and oxygen atoms in total. The van der Waals surface area contributed by atoms with Gasteiger partial charge < -0.3 is 10.8 Å². The largest absolute Gasteiger partial charge is 0.396 e. The van der Waals surface area contributed by atoms with Crippen molar-refractivity contribution < 1.29 is 5.11 Å². The number of nitrogens with zero attached hydrogens (tertiary/aromatic N) is 1. The van der Waals surface area contributed by atoms with Crippen molar-refractivity contribution in [3.63, 3.8) is 0 Å². The van der Waals surface area contributed by atoms with E-state index in [4.69, 9.17) is 10.8 Å². The van der Waals surface area contributed by atoms with Crippen molar-refractivity contribution in [1.29, 1.82) is 0 Å². The Balaban J connectivity index is 1.86. The SMILES string of the molecule is NCC1CCCCC1N1CCC(CCO)C1. The fourth-order valence-corrected chi connectivity index (χ4v) is 3.53. The molecule has 3 N–H and O–H groups in total. The third-order valence-electron chi connectivity index (χ3n) is 4.50.